The van der Waals surface area contributed by atoms with Crippen molar-refractivity contribution in [3.8, 4) is 0 Å². The van der Waals surface area contributed by atoms with Gasteiger partial charge in [0.15, 0.2) is 14.2 Å². The van der Waals surface area contributed by atoms with Crippen LogP contribution in [0.3, 0.4) is 0 Å². The van der Waals surface area contributed by atoms with Crippen LogP contribution in [0, 0.1) is 0 Å². The minimum atomic E-state index is -4.10. The van der Waals surface area contributed by atoms with Gasteiger partial charge in [0.1, 0.15) is 5.76 Å². The lowest BCUT2D eigenvalue weighted by molar-refractivity contribution is 0.133. The summed E-state index contributed by atoms with van der Waals surface area (Å²) in [5, 5.41) is 0.772. The summed E-state index contributed by atoms with van der Waals surface area (Å²) in [6.07, 6.45) is 1.41. The molecule has 1 N–H and O–H groups in total. The Bertz CT molecular complexity index is 1370. The molecule has 0 amide bonds. The first kappa shape index (κ1) is 31.8. The molecule has 0 aromatic heterocycles. The average Bonchev–Trinajstić information content (AvgIpc) is 3.31. The second kappa shape index (κ2) is 14.3. The van der Waals surface area contributed by atoms with Gasteiger partial charge in [0, 0.05) is 35.2 Å². The Kier molecular flexibility index (Phi) is 11.6. The van der Waals surface area contributed by atoms with E-state index in [1.165, 1.54) is 52.8 Å². The van der Waals surface area contributed by atoms with Gasteiger partial charge in [-0.3, -0.25) is 4.57 Å². The number of hydrogen-bond acceptors (Lipinski definition) is 7. The largest absolute Gasteiger partial charge is 0.495 e. The Morgan fingerprint density at radius 1 is 0.949 bits per heavy atom. The van der Waals surface area contributed by atoms with Crippen molar-refractivity contribution in [2.45, 2.75) is 55.0 Å². The number of hydrogen-bond donors (Lipinski definition) is 1. The van der Waals surface area contributed by atoms with Gasteiger partial charge in [-0.15, -0.1) is 0 Å². The molecule has 0 unspecified atom stereocenters. The third kappa shape index (κ3) is 8.16. The van der Waals surface area contributed by atoms with Crippen LogP contribution in [0.15, 0.2) is 69.8 Å². The summed E-state index contributed by atoms with van der Waals surface area (Å²) in [6, 6.07) is 9.85. The van der Waals surface area contributed by atoms with Gasteiger partial charge in [-0.05, 0) is 75.2 Å². The van der Waals surface area contributed by atoms with E-state index in [1.807, 2.05) is 0 Å². The van der Waals surface area contributed by atoms with Crippen LogP contribution < -0.4 is 4.72 Å². The normalized spacial score (nSPS) is 19.2. The molecular weight excluding hydrogens is 606 g/mol. The van der Waals surface area contributed by atoms with Crippen LogP contribution in [0.25, 0.3) is 0 Å². The maximum absolute atomic E-state index is 13.9. The Morgan fingerprint density at radius 3 is 2.05 bits per heavy atom. The van der Waals surface area contributed by atoms with Crippen molar-refractivity contribution in [1.29, 1.82) is 0 Å². The summed E-state index contributed by atoms with van der Waals surface area (Å²) in [6.45, 7) is 3.98. The fraction of sp³-hybridized carbons (Fsp3) is 0.440. The monoisotopic (exact) mass is 636 g/mol. The smallest absolute Gasteiger partial charge is 0.243 e. The Labute approximate surface area is 241 Å². The van der Waals surface area contributed by atoms with Crippen LogP contribution >= 0.6 is 31.7 Å². The maximum Gasteiger partial charge on any atom is 0.243 e. The van der Waals surface area contributed by atoms with Crippen LogP contribution in [0.4, 0.5) is 0 Å². The predicted molar refractivity (Wildman–Crippen MR) is 151 cm³/mol. The fourth-order valence-corrected chi connectivity index (χ4v) is 7.72. The molecule has 2 atom stereocenters. The number of rotatable bonds is 14. The van der Waals surface area contributed by atoms with E-state index in [0.29, 0.717) is 47.2 Å². The zero-order chi connectivity index (χ0) is 28.6. The molecule has 2 aromatic carbocycles. The molecule has 0 radical (unpaired) electrons. The number of sulfonamides is 2. The minimum absolute atomic E-state index is 0.00621. The van der Waals surface area contributed by atoms with Crippen molar-refractivity contribution in [2.24, 2.45) is 0 Å². The fourth-order valence-electron chi connectivity index (χ4n) is 4.30. The van der Waals surface area contributed by atoms with Gasteiger partial charge < -0.3 is 9.47 Å². The summed E-state index contributed by atoms with van der Waals surface area (Å²) in [5.41, 5.74) is 0. The molecule has 3 rings (SSSR count). The molecule has 39 heavy (non-hydrogen) atoms. The van der Waals surface area contributed by atoms with E-state index in [-0.39, 0.29) is 37.8 Å². The first-order valence-electron chi connectivity index (χ1n) is 12.4. The lowest BCUT2D eigenvalue weighted by Gasteiger charge is -2.27. The molecule has 0 bridgehead atoms. The van der Waals surface area contributed by atoms with E-state index in [1.54, 1.807) is 13.8 Å². The third-order valence-electron chi connectivity index (χ3n) is 5.97. The van der Waals surface area contributed by atoms with Crippen molar-refractivity contribution >= 4 is 51.7 Å². The lowest BCUT2D eigenvalue weighted by Crippen LogP contribution is -2.40. The van der Waals surface area contributed by atoms with Crippen molar-refractivity contribution in [2.75, 3.05) is 25.9 Å². The van der Waals surface area contributed by atoms with E-state index >= 15 is 0 Å². The zero-order valence-electron chi connectivity index (χ0n) is 21.5. The molecule has 1 heterocycles. The van der Waals surface area contributed by atoms with Gasteiger partial charge in [0.25, 0.3) is 0 Å². The van der Waals surface area contributed by atoms with Gasteiger partial charge >= 0.3 is 0 Å². The molecule has 2 aromatic rings. The number of ether oxygens (including phenoxy) is 2. The van der Waals surface area contributed by atoms with Crippen LogP contribution in [0.2, 0.25) is 10.0 Å². The van der Waals surface area contributed by atoms with E-state index in [4.69, 9.17) is 32.7 Å². The molecule has 14 heteroatoms. The Hall–Kier alpha value is -1.72. The standard InChI is InChI=1S/C25H31Cl2N2O7PS2/c1-3-35-24(6-5-15-37-30)25(36-4-2)23-16-20(28-38(31,32)21-11-7-18(26)8-12-21)17-29(23)39(33,34)22-13-9-19(27)10-14-22/h7-14,20,23,28H,3-6,15-17H2,1-2H3/t20-,23+/m1/s1. The zero-order valence-corrected chi connectivity index (χ0v) is 25.6. The summed E-state index contributed by atoms with van der Waals surface area (Å²) in [4.78, 5) is 0.0203. The molecule has 1 aliphatic rings. The van der Waals surface area contributed by atoms with Gasteiger partial charge in [0.05, 0.1) is 29.0 Å². The van der Waals surface area contributed by atoms with E-state index < -0.39 is 32.1 Å². The van der Waals surface area contributed by atoms with Gasteiger partial charge in [-0.25, -0.2) is 21.6 Å². The second-order valence-corrected chi connectivity index (χ2v) is 13.8. The number of nitrogens with zero attached hydrogens (tertiary/aromatic N) is 1. The van der Waals surface area contributed by atoms with Crippen molar-refractivity contribution in [3.05, 3.63) is 70.1 Å². The molecular formula is C25H31Cl2N2O7PS2. The van der Waals surface area contributed by atoms with Crippen molar-refractivity contribution in [3.63, 3.8) is 0 Å². The third-order valence-corrected chi connectivity index (χ3v) is 10.4. The summed E-state index contributed by atoms with van der Waals surface area (Å²) in [7, 11) is -8.09. The lowest BCUT2D eigenvalue weighted by atomic mass is 10.1. The van der Waals surface area contributed by atoms with Crippen LogP contribution in [0.1, 0.15) is 33.1 Å². The van der Waals surface area contributed by atoms with Crippen LogP contribution in [0.5, 0.6) is 0 Å². The van der Waals surface area contributed by atoms with Gasteiger partial charge in [0.2, 0.25) is 20.0 Å². The molecule has 0 saturated carbocycles. The highest BCUT2D eigenvalue weighted by Crippen LogP contribution is 2.34. The van der Waals surface area contributed by atoms with E-state index in [2.05, 4.69) is 4.72 Å². The van der Waals surface area contributed by atoms with E-state index in [9.17, 15) is 21.4 Å². The Balaban J connectivity index is 2.05. The maximum atomic E-state index is 13.9. The average molecular weight is 638 g/mol. The molecule has 9 nitrogen and oxygen atoms in total. The van der Waals surface area contributed by atoms with Gasteiger partial charge in [-0.2, -0.15) is 4.31 Å². The quantitative estimate of drug-likeness (QED) is 0.166. The molecule has 214 valence electrons. The first-order valence-corrected chi connectivity index (χ1v) is 17.0. The minimum Gasteiger partial charge on any atom is -0.495 e. The molecule has 1 aliphatic heterocycles. The van der Waals surface area contributed by atoms with Gasteiger partial charge in [-0.1, -0.05) is 23.2 Å². The topological polar surface area (TPSA) is 119 Å². The van der Waals surface area contributed by atoms with Crippen molar-refractivity contribution in [1.82, 2.24) is 9.03 Å². The molecule has 0 spiro atoms. The highest BCUT2D eigenvalue weighted by atomic mass is 35.5. The molecule has 0 aliphatic carbocycles. The Morgan fingerprint density at radius 2 is 1.51 bits per heavy atom. The number of halogens is 2. The summed E-state index contributed by atoms with van der Waals surface area (Å²) >= 11 is 11.9. The molecule has 1 saturated heterocycles. The van der Waals surface area contributed by atoms with Crippen LogP contribution in [-0.4, -0.2) is 59.1 Å². The first-order chi connectivity index (χ1) is 18.5. The number of benzene rings is 2. The van der Waals surface area contributed by atoms with E-state index in [0.717, 1.165) is 0 Å². The number of allylic oxidation sites excluding steroid dienone is 1. The second-order valence-electron chi connectivity index (χ2n) is 8.66. The van der Waals surface area contributed by atoms with Crippen LogP contribution in [-0.2, 0) is 34.1 Å². The predicted octanol–water partition coefficient (Wildman–Crippen LogP) is 5.46. The highest BCUT2D eigenvalue weighted by molar-refractivity contribution is 7.89. The summed E-state index contributed by atoms with van der Waals surface area (Å²) < 4.78 is 80.7. The van der Waals surface area contributed by atoms with Crippen molar-refractivity contribution < 1.29 is 30.9 Å². The summed E-state index contributed by atoms with van der Waals surface area (Å²) in [5.74, 6) is 0.762. The number of nitrogens with one attached hydrogen (secondary N) is 1. The highest BCUT2D eigenvalue weighted by Gasteiger charge is 2.45. The SMILES string of the molecule is CCOC(CCCP=O)=C(OCC)[C@@H]1C[C@@H](NS(=O)(=O)c2ccc(Cl)cc2)CN1S(=O)(=O)c1ccc(Cl)cc1. The molecule has 1 fully saturated rings.